The molecule has 35 heavy (non-hydrogen) atoms. The van der Waals surface area contributed by atoms with E-state index >= 15 is 0 Å². The molecule has 4 N–H and O–H groups in total. The fraction of sp³-hybridized carbons (Fsp3) is 0.308. The quantitative estimate of drug-likeness (QED) is 0.377. The summed E-state index contributed by atoms with van der Waals surface area (Å²) in [7, 11) is 0. The summed E-state index contributed by atoms with van der Waals surface area (Å²) in [4.78, 5) is 43.9. The van der Waals surface area contributed by atoms with Gasteiger partial charge >= 0.3 is 12.1 Å². The number of carboxylic acid groups (broad SMARTS) is 1. The summed E-state index contributed by atoms with van der Waals surface area (Å²) in [6.07, 6.45) is 3.54. The van der Waals surface area contributed by atoms with Crippen molar-refractivity contribution in [1.82, 2.24) is 20.6 Å². The molecule has 0 radical (unpaired) electrons. The Labute approximate surface area is 201 Å². The number of ether oxygens (including phenoxy) is 1. The summed E-state index contributed by atoms with van der Waals surface area (Å²) < 4.78 is 5.60. The number of fused-ring (bicyclic) bond motifs is 3. The van der Waals surface area contributed by atoms with E-state index in [1.165, 1.54) is 6.33 Å². The van der Waals surface area contributed by atoms with Crippen molar-refractivity contribution in [2.45, 2.75) is 43.2 Å². The number of nitrogens with zero attached hydrogens (tertiary/aromatic N) is 1. The fourth-order valence-electron chi connectivity index (χ4n) is 4.74. The van der Waals surface area contributed by atoms with Gasteiger partial charge in [0.25, 0.3) is 0 Å². The third-order valence-electron chi connectivity index (χ3n) is 6.66. The van der Waals surface area contributed by atoms with E-state index in [0.717, 1.165) is 22.3 Å². The minimum absolute atomic E-state index is 0.0988. The Morgan fingerprint density at radius 1 is 1.09 bits per heavy atom. The number of aliphatic carboxylic acids is 1. The number of aromatic amines is 1. The Morgan fingerprint density at radius 2 is 1.74 bits per heavy atom. The zero-order valence-corrected chi connectivity index (χ0v) is 19.0. The van der Waals surface area contributed by atoms with Gasteiger partial charge in [0.15, 0.2) is 0 Å². The highest BCUT2D eigenvalue weighted by Gasteiger charge is 2.46. The summed E-state index contributed by atoms with van der Waals surface area (Å²) in [5.74, 6) is -1.53. The van der Waals surface area contributed by atoms with Crippen LogP contribution in [-0.2, 0) is 20.7 Å². The topological polar surface area (TPSA) is 133 Å². The van der Waals surface area contributed by atoms with Gasteiger partial charge in [-0.05, 0) is 35.1 Å². The molecule has 1 fully saturated rings. The smallest absolute Gasteiger partial charge is 0.407 e. The van der Waals surface area contributed by atoms with Crippen LogP contribution in [0.4, 0.5) is 4.79 Å². The van der Waals surface area contributed by atoms with Crippen LogP contribution in [0.15, 0.2) is 61.1 Å². The number of alkyl carbamates (subject to hydrolysis) is 1. The lowest BCUT2D eigenvalue weighted by molar-refractivity contribution is -0.138. The van der Waals surface area contributed by atoms with Crippen LogP contribution in [-0.4, -0.2) is 51.2 Å². The van der Waals surface area contributed by atoms with Crippen LogP contribution >= 0.6 is 0 Å². The predicted octanol–water partition coefficient (Wildman–Crippen LogP) is 2.98. The first-order valence-electron chi connectivity index (χ1n) is 11.6. The van der Waals surface area contributed by atoms with Crippen LogP contribution < -0.4 is 10.6 Å². The number of amides is 2. The van der Waals surface area contributed by atoms with Gasteiger partial charge in [0.1, 0.15) is 12.6 Å². The van der Waals surface area contributed by atoms with Crippen molar-refractivity contribution in [2.75, 3.05) is 6.61 Å². The minimum Gasteiger partial charge on any atom is -0.481 e. The van der Waals surface area contributed by atoms with Gasteiger partial charge < -0.3 is 25.5 Å². The Kier molecular flexibility index (Phi) is 5.98. The number of hydrogen-bond donors (Lipinski definition) is 4. The summed E-state index contributed by atoms with van der Waals surface area (Å²) in [6, 6.07) is 15.1. The first-order valence-corrected chi connectivity index (χ1v) is 11.6. The SMILES string of the molecule is O=C(O)CC1(NC(=O)C(Cc2cnc[nH]2)NC(=O)OCC2c3ccccc3-c3ccccc32)CC1. The number of rotatable bonds is 9. The summed E-state index contributed by atoms with van der Waals surface area (Å²) in [5, 5.41) is 14.6. The molecule has 1 heterocycles. The molecule has 2 aliphatic carbocycles. The lowest BCUT2D eigenvalue weighted by Gasteiger charge is -2.22. The first-order chi connectivity index (χ1) is 16.9. The molecule has 1 unspecified atom stereocenters. The van der Waals surface area contributed by atoms with Gasteiger partial charge in [-0.3, -0.25) is 9.59 Å². The zero-order valence-electron chi connectivity index (χ0n) is 19.0. The standard InChI is InChI=1S/C26H26N4O5/c31-23(32)12-26(9-10-26)30-24(33)22(11-16-13-27-15-28-16)29-25(34)35-14-21-19-7-3-1-5-17(19)18-6-2-4-8-20(18)21/h1-8,13,15,21-22H,9-12,14H2,(H,27,28)(H,29,34)(H,30,33)(H,31,32). The third kappa shape index (κ3) is 4.89. The normalized spacial score (nSPS) is 16.0. The second-order valence-electron chi connectivity index (χ2n) is 9.14. The molecule has 5 rings (SSSR count). The highest BCUT2D eigenvalue weighted by Crippen LogP contribution is 2.44. The van der Waals surface area contributed by atoms with Crippen molar-refractivity contribution >= 4 is 18.0 Å². The van der Waals surface area contributed by atoms with Gasteiger partial charge in [-0.2, -0.15) is 0 Å². The summed E-state index contributed by atoms with van der Waals surface area (Å²) >= 11 is 0. The lowest BCUT2D eigenvalue weighted by Crippen LogP contribution is -2.52. The summed E-state index contributed by atoms with van der Waals surface area (Å²) in [5.41, 5.74) is 4.35. The molecule has 9 heteroatoms. The van der Waals surface area contributed by atoms with Gasteiger partial charge in [-0.25, -0.2) is 9.78 Å². The number of aromatic nitrogens is 2. The Hall–Kier alpha value is -4.14. The van der Waals surface area contributed by atoms with Crippen LogP contribution in [0, 0.1) is 0 Å². The molecule has 0 bridgehead atoms. The summed E-state index contributed by atoms with van der Waals surface area (Å²) in [6.45, 7) is 0.126. The Bertz CT molecular complexity index is 1210. The Balaban J connectivity index is 1.26. The van der Waals surface area contributed by atoms with E-state index < -0.39 is 29.6 Å². The van der Waals surface area contributed by atoms with Gasteiger partial charge in [-0.15, -0.1) is 0 Å². The minimum atomic E-state index is -0.975. The second kappa shape index (κ2) is 9.25. The number of carboxylic acids is 1. The number of benzene rings is 2. The third-order valence-corrected chi connectivity index (χ3v) is 6.66. The van der Waals surface area contributed by atoms with Crippen LogP contribution in [0.5, 0.6) is 0 Å². The van der Waals surface area contributed by atoms with Gasteiger partial charge in [0, 0.05) is 24.2 Å². The number of nitrogens with one attached hydrogen (secondary N) is 3. The molecule has 9 nitrogen and oxygen atoms in total. The maximum Gasteiger partial charge on any atom is 0.407 e. The highest BCUT2D eigenvalue weighted by molar-refractivity contribution is 5.87. The van der Waals surface area contributed by atoms with E-state index in [0.29, 0.717) is 18.5 Å². The molecule has 180 valence electrons. The van der Waals surface area contributed by atoms with E-state index in [2.05, 4.69) is 32.7 Å². The molecule has 1 atom stereocenters. The van der Waals surface area contributed by atoms with E-state index in [4.69, 9.17) is 9.84 Å². The molecule has 2 amide bonds. The average molecular weight is 475 g/mol. The van der Waals surface area contributed by atoms with Gasteiger partial charge in [-0.1, -0.05) is 48.5 Å². The molecule has 3 aromatic rings. The molecule has 2 aliphatic rings. The van der Waals surface area contributed by atoms with E-state index in [1.54, 1.807) is 6.20 Å². The van der Waals surface area contributed by atoms with Crippen LogP contribution in [0.2, 0.25) is 0 Å². The van der Waals surface area contributed by atoms with Crippen molar-refractivity contribution in [1.29, 1.82) is 0 Å². The maximum atomic E-state index is 13.0. The van der Waals surface area contributed by atoms with Crippen molar-refractivity contribution in [3.8, 4) is 11.1 Å². The first kappa shape index (κ1) is 22.6. The van der Waals surface area contributed by atoms with Gasteiger partial charge in [0.2, 0.25) is 5.91 Å². The fourth-order valence-corrected chi connectivity index (χ4v) is 4.74. The predicted molar refractivity (Wildman–Crippen MR) is 127 cm³/mol. The van der Waals surface area contributed by atoms with Gasteiger partial charge in [0.05, 0.1) is 18.3 Å². The zero-order chi connectivity index (χ0) is 24.4. The molecule has 2 aromatic carbocycles. The maximum absolute atomic E-state index is 13.0. The average Bonchev–Trinajstić information content (AvgIpc) is 3.25. The van der Waals surface area contributed by atoms with Crippen LogP contribution in [0.25, 0.3) is 11.1 Å². The number of hydrogen-bond acceptors (Lipinski definition) is 5. The number of imidazole rings is 1. The number of carbonyl (C=O) groups excluding carboxylic acids is 2. The molecule has 1 saturated carbocycles. The number of H-pyrrole nitrogens is 1. The van der Waals surface area contributed by atoms with Crippen molar-refractivity contribution < 1.29 is 24.2 Å². The van der Waals surface area contributed by atoms with Crippen LogP contribution in [0.3, 0.4) is 0 Å². The van der Waals surface area contributed by atoms with E-state index in [-0.39, 0.29) is 25.4 Å². The van der Waals surface area contributed by atoms with E-state index in [9.17, 15) is 14.4 Å². The van der Waals surface area contributed by atoms with E-state index in [1.807, 2.05) is 36.4 Å². The molecular weight excluding hydrogens is 448 g/mol. The van der Waals surface area contributed by atoms with Crippen molar-refractivity contribution in [2.24, 2.45) is 0 Å². The Morgan fingerprint density at radius 3 is 2.31 bits per heavy atom. The van der Waals surface area contributed by atoms with Crippen molar-refractivity contribution in [3.05, 3.63) is 77.9 Å². The number of carbonyl (C=O) groups is 3. The molecule has 0 spiro atoms. The monoisotopic (exact) mass is 474 g/mol. The van der Waals surface area contributed by atoms with Crippen LogP contribution in [0.1, 0.15) is 42.0 Å². The molecule has 0 saturated heterocycles. The molecular formula is C26H26N4O5. The lowest BCUT2D eigenvalue weighted by atomic mass is 9.98. The molecule has 0 aliphatic heterocycles. The highest BCUT2D eigenvalue weighted by atomic mass is 16.5. The molecule has 1 aromatic heterocycles. The largest absolute Gasteiger partial charge is 0.481 e. The second-order valence-corrected chi connectivity index (χ2v) is 9.14. The van der Waals surface area contributed by atoms with Crippen molar-refractivity contribution in [3.63, 3.8) is 0 Å².